The van der Waals surface area contributed by atoms with Gasteiger partial charge in [-0.2, -0.15) is 22.8 Å². The summed E-state index contributed by atoms with van der Waals surface area (Å²) in [6.45, 7) is 2.27. The number of nitrogens with zero attached hydrogens (tertiary/aromatic N) is 5. The summed E-state index contributed by atoms with van der Waals surface area (Å²) in [5.74, 6) is 0.798. The van der Waals surface area contributed by atoms with Gasteiger partial charge in [-0.15, -0.1) is 5.10 Å². The van der Waals surface area contributed by atoms with Gasteiger partial charge in [0.2, 0.25) is 5.95 Å². The number of anilines is 1. The highest BCUT2D eigenvalue weighted by molar-refractivity contribution is 7.87. The lowest BCUT2D eigenvalue weighted by atomic mass is 10.1. The first kappa shape index (κ1) is 20.5. The van der Waals surface area contributed by atoms with Gasteiger partial charge in [-0.25, -0.2) is 13.6 Å². The third-order valence-corrected chi connectivity index (χ3v) is 6.50. The van der Waals surface area contributed by atoms with Crippen LogP contribution < -0.4 is 14.8 Å². The van der Waals surface area contributed by atoms with Crippen molar-refractivity contribution in [3.05, 3.63) is 24.7 Å². The molecule has 0 bridgehead atoms. The van der Waals surface area contributed by atoms with Crippen molar-refractivity contribution in [3.8, 4) is 16.9 Å². The zero-order valence-corrected chi connectivity index (χ0v) is 17.4. The maximum atomic E-state index is 14.7. The van der Waals surface area contributed by atoms with Gasteiger partial charge >= 0.3 is 0 Å². The van der Waals surface area contributed by atoms with E-state index in [1.165, 1.54) is 7.05 Å². The minimum absolute atomic E-state index is 0.198. The zero-order chi connectivity index (χ0) is 21.3. The molecule has 11 nitrogen and oxygen atoms in total. The summed E-state index contributed by atoms with van der Waals surface area (Å²) in [4.78, 5) is 4.49. The van der Waals surface area contributed by atoms with Crippen molar-refractivity contribution in [3.63, 3.8) is 0 Å². The Morgan fingerprint density at radius 1 is 1.43 bits per heavy atom. The van der Waals surface area contributed by atoms with Crippen LogP contribution in [0.3, 0.4) is 0 Å². The first-order chi connectivity index (χ1) is 14.4. The molecule has 0 amide bonds. The van der Waals surface area contributed by atoms with E-state index in [4.69, 9.17) is 4.74 Å². The van der Waals surface area contributed by atoms with E-state index in [2.05, 4.69) is 30.3 Å². The maximum absolute atomic E-state index is 14.7. The fourth-order valence-corrected chi connectivity index (χ4v) is 4.39. The second-order valence-electron chi connectivity index (χ2n) is 6.80. The molecular formula is C17H23FN8O3S. The van der Waals surface area contributed by atoms with Crippen LogP contribution >= 0.6 is 0 Å². The number of aromatic amines is 1. The molecule has 4 rings (SSSR count). The number of hydrogen-bond donors (Lipinski definition) is 3. The van der Waals surface area contributed by atoms with Crippen LogP contribution in [0.15, 0.2) is 24.7 Å². The normalized spacial score (nSPS) is 20.5. The maximum Gasteiger partial charge on any atom is 0.279 e. The van der Waals surface area contributed by atoms with Crippen LogP contribution in [0, 0.1) is 0 Å². The number of nitrogens with one attached hydrogen (secondary N) is 3. The first-order valence-electron chi connectivity index (χ1n) is 9.53. The number of pyridine rings is 1. The zero-order valence-electron chi connectivity index (χ0n) is 16.5. The molecular weight excluding hydrogens is 415 g/mol. The summed E-state index contributed by atoms with van der Waals surface area (Å²) in [5, 5.41) is 14.1. The molecule has 4 heterocycles. The van der Waals surface area contributed by atoms with E-state index < -0.39 is 22.4 Å². The Morgan fingerprint density at radius 3 is 2.93 bits per heavy atom. The quantitative estimate of drug-likeness (QED) is 0.498. The highest BCUT2D eigenvalue weighted by Gasteiger charge is 2.35. The number of alkyl halides is 1. The molecule has 1 saturated heterocycles. The van der Waals surface area contributed by atoms with Crippen LogP contribution in [-0.4, -0.2) is 76.5 Å². The van der Waals surface area contributed by atoms with E-state index in [0.717, 1.165) is 15.4 Å². The number of halogens is 1. The highest BCUT2D eigenvalue weighted by Crippen LogP contribution is 2.33. The van der Waals surface area contributed by atoms with Gasteiger partial charge in [-0.05, 0) is 19.4 Å². The van der Waals surface area contributed by atoms with E-state index in [1.54, 1.807) is 23.1 Å². The van der Waals surface area contributed by atoms with Gasteiger partial charge in [0.1, 0.15) is 6.17 Å². The Kier molecular flexibility index (Phi) is 5.58. The Hall–Kier alpha value is -2.77. The third kappa shape index (κ3) is 3.82. The summed E-state index contributed by atoms with van der Waals surface area (Å²) in [5.41, 5.74) is 2.15. The van der Waals surface area contributed by atoms with Crippen LogP contribution in [-0.2, 0) is 10.2 Å². The molecule has 1 fully saturated rings. The van der Waals surface area contributed by atoms with Crippen LogP contribution in [0.25, 0.3) is 16.8 Å². The molecule has 0 saturated carbocycles. The Bertz CT molecular complexity index is 1120. The predicted molar refractivity (Wildman–Crippen MR) is 108 cm³/mol. The summed E-state index contributed by atoms with van der Waals surface area (Å²) >= 11 is 0. The number of rotatable bonds is 7. The summed E-state index contributed by atoms with van der Waals surface area (Å²) < 4.78 is 49.1. The molecule has 162 valence electrons. The minimum atomic E-state index is -3.65. The molecule has 0 aromatic carbocycles. The molecule has 3 aromatic rings. The van der Waals surface area contributed by atoms with Crippen molar-refractivity contribution in [1.29, 1.82) is 0 Å². The average Bonchev–Trinajstić information content (AvgIpc) is 3.39. The topological polar surface area (TPSA) is 130 Å². The monoisotopic (exact) mass is 438 g/mol. The van der Waals surface area contributed by atoms with Crippen LogP contribution in [0.4, 0.5) is 10.3 Å². The molecule has 30 heavy (non-hydrogen) atoms. The van der Waals surface area contributed by atoms with Crippen LogP contribution in [0.1, 0.15) is 13.3 Å². The SMILES string of the molecule is CCOc1c(-c2cn[nH]c2)ccn2nc(NC3CCN(S(=O)(=O)NC)CC3F)nc12. The van der Waals surface area contributed by atoms with Crippen LogP contribution in [0.2, 0.25) is 0 Å². The number of hydrogen-bond acceptors (Lipinski definition) is 7. The molecule has 3 N–H and O–H groups in total. The van der Waals surface area contributed by atoms with Crippen molar-refractivity contribution in [2.45, 2.75) is 25.6 Å². The van der Waals surface area contributed by atoms with E-state index in [1.807, 2.05) is 13.0 Å². The fraction of sp³-hybridized carbons (Fsp3) is 0.471. The molecule has 0 spiro atoms. The first-order valence-corrected chi connectivity index (χ1v) is 11.0. The second kappa shape index (κ2) is 8.16. The molecule has 0 radical (unpaired) electrons. The Morgan fingerprint density at radius 2 is 2.27 bits per heavy atom. The minimum Gasteiger partial charge on any atom is -0.489 e. The number of H-pyrrole nitrogens is 1. The van der Waals surface area contributed by atoms with Gasteiger partial charge in [0.15, 0.2) is 11.4 Å². The molecule has 1 aliphatic rings. The van der Waals surface area contributed by atoms with Crippen molar-refractivity contribution in [2.24, 2.45) is 0 Å². The van der Waals surface area contributed by atoms with Gasteiger partial charge in [-0.1, -0.05) is 0 Å². The number of piperidine rings is 1. The smallest absolute Gasteiger partial charge is 0.279 e. The van der Waals surface area contributed by atoms with Crippen molar-refractivity contribution in [2.75, 3.05) is 32.1 Å². The van der Waals surface area contributed by atoms with Gasteiger partial charge < -0.3 is 10.1 Å². The molecule has 0 aliphatic carbocycles. The summed E-state index contributed by atoms with van der Waals surface area (Å²) in [6.07, 6.45) is 4.07. The lowest BCUT2D eigenvalue weighted by molar-refractivity contribution is 0.185. The summed E-state index contributed by atoms with van der Waals surface area (Å²) in [7, 11) is -2.35. The lowest BCUT2D eigenvalue weighted by Gasteiger charge is -2.33. The van der Waals surface area contributed by atoms with Gasteiger partial charge in [0.05, 0.1) is 18.8 Å². The van der Waals surface area contributed by atoms with E-state index in [-0.39, 0.29) is 25.5 Å². The second-order valence-corrected chi connectivity index (χ2v) is 8.68. The van der Waals surface area contributed by atoms with Gasteiger partial charge in [-0.3, -0.25) is 5.10 Å². The average molecular weight is 438 g/mol. The van der Waals surface area contributed by atoms with Crippen LogP contribution in [0.5, 0.6) is 5.75 Å². The van der Waals surface area contributed by atoms with E-state index >= 15 is 0 Å². The van der Waals surface area contributed by atoms with Gasteiger partial charge in [0, 0.05) is 43.7 Å². The van der Waals surface area contributed by atoms with Crippen molar-refractivity contribution < 1.29 is 17.5 Å². The molecule has 2 unspecified atom stereocenters. The lowest BCUT2D eigenvalue weighted by Crippen LogP contribution is -2.52. The molecule has 2 atom stereocenters. The van der Waals surface area contributed by atoms with Crippen molar-refractivity contribution in [1.82, 2.24) is 33.8 Å². The number of ether oxygens (including phenoxy) is 1. The Labute approximate surface area is 172 Å². The van der Waals surface area contributed by atoms with Crippen molar-refractivity contribution >= 4 is 21.8 Å². The van der Waals surface area contributed by atoms with Gasteiger partial charge in [0.25, 0.3) is 10.2 Å². The molecule has 13 heteroatoms. The molecule has 1 aliphatic heterocycles. The third-order valence-electron chi connectivity index (χ3n) is 4.98. The summed E-state index contributed by atoms with van der Waals surface area (Å²) in [6, 6.07) is 1.25. The highest BCUT2D eigenvalue weighted by atomic mass is 32.2. The molecule has 3 aromatic heterocycles. The number of fused-ring (bicyclic) bond motifs is 1. The van der Waals surface area contributed by atoms with E-state index in [9.17, 15) is 12.8 Å². The Balaban J connectivity index is 1.58. The number of aromatic nitrogens is 5. The fourth-order valence-electron chi connectivity index (χ4n) is 3.45. The standard InChI is InChI=1S/C17H23FN8O3S/c1-3-29-15-12(11-8-20-21-9-11)4-7-26-16(15)23-17(24-26)22-14-5-6-25(10-13(14)18)30(27,28)19-2/h4,7-9,13-14,19H,3,5-6,10H2,1-2H3,(H,20,21)(H,22,24). The van der Waals surface area contributed by atoms with E-state index in [0.29, 0.717) is 18.0 Å². The predicted octanol–water partition coefficient (Wildman–Crippen LogP) is 0.807. The largest absolute Gasteiger partial charge is 0.489 e.